The Kier molecular flexibility index (Phi) is 4.14. The molecule has 1 saturated carbocycles. The van der Waals surface area contributed by atoms with E-state index < -0.39 is 13.9 Å². The molecule has 0 bridgehead atoms. The Morgan fingerprint density at radius 1 is 1.36 bits per heavy atom. The van der Waals surface area contributed by atoms with Gasteiger partial charge in [-0.3, -0.25) is 4.57 Å². The Labute approximate surface area is 126 Å². The van der Waals surface area contributed by atoms with E-state index in [9.17, 15) is 4.57 Å². The van der Waals surface area contributed by atoms with E-state index in [1.807, 2.05) is 4.57 Å². The quantitative estimate of drug-likeness (QED) is 0.689. The number of hydrogen-bond acceptors (Lipinski definition) is 6. The number of rotatable bonds is 5. The molecule has 22 heavy (non-hydrogen) atoms. The zero-order valence-corrected chi connectivity index (χ0v) is 12.8. The normalized spacial score (nSPS) is 22.5. The second-order valence-corrected chi connectivity index (χ2v) is 7.17. The van der Waals surface area contributed by atoms with Crippen LogP contribution >= 0.6 is 7.60 Å². The molecule has 0 spiro atoms. The van der Waals surface area contributed by atoms with E-state index in [1.54, 1.807) is 6.33 Å². The summed E-state index contributed by atoms with van der Waals surface area (Å²) in [5.41, 5.74) is 7.10. The number of imidazole rings is 1. The number of nitrogens with zero attached hydrogens (tertiary/aromatic N) is 4. The Balaban J connectivity index is 1.65. The van der Waals surface area contributed by atoms with Crippen molar-refractivity contribution in [3.63, 3.8) is 0 Å². The number of aromatic nitrogens is 4. The van der Waals surface area contributed by atoms with Crippen molar-refractivity contribution in [2.75, 3.05) is 18.7 Å². The van der Waals surface area contributed by atoms with Crippen LogP contribution in [0.15, 0.2) is 12.7 Å². The summed E-state index contributed by atoms with van der Waals surface area (Å²) in [5.74, 6) is 0.636. The molecule has 10 heteroatoms. The minimum atomic E-state index is -4.09. The highest BCUT2D eigenvalue weighted by Gasteiger charge is 2.28. The first kappa shape index (κ1) is 15.4. The summed E-state index contributed by atoms with van der Waals surface area (Å²) in [7, 11) is -4.09. The first-order chi connectivity index (χ1) is 10.4. The lowest BCUT2D eigenvalue weighted by Gasteiger charge is -2.14. The maximum atomic E-state index is 10.8. The first-order valence-corrected chi connectivity index (χ1v) is 8.79. The van der Waals surface area contributed by atoms with Crippen LogP contribution in [0.1, 0.15) is 25.3 Å². The largest absolute Gasteiger partial charge is 0.382 e. The SMILES string of the molecule is Nc1ncnc2c1ncn2C1CCC(COCP(=O)(O)O)C1. The number of fused-ring (bicyclic) bond motifs is 1. The van der Waals surface area contributed by atoms with E-state index in [0.717, 1.165) is 19.3 Å². The topological polar surface area (TPSA) is 136 Å². The van der Waals surface area contributed by atoms with Gasteiger partial charge in [0.05, 0.1) is 12.9 Å². The van der Waals surface area contributed by atoms with Gasteiger partial charge in [-0.25, -0.2) is 15.0 Å². The highest BCUT2D eigenvalue weighted by molar-refractivity contribution is 7.51. The molecule has 2 atom stereocenters. The molecule has 0 aliphatic heterocycles. The van der Waals surface area contributed by atoms with Crippen molar-refractivity contribution in [3.8, 4) is 0 Å². The lowest BCUT2D eigenvalue weighted by molar-refractivity contribution is 0.121. The molecule has 120 valence electrons. The minimum Gasteiger partial charge on any atom is -0.382 e. The fraction of sp³-hybridized carbons (Fsp3) is 0.583. The molecular formula is C12H18N5O4P. The molecule has 2 aromatic heterocycles. The summed E-state index contributed by atoms with van der Waals surface area (Å²) in [6, 6.07) is 0.239. The van der Waals surface area contributed by atoms with Crippen LogP contribution in [-0.2, 0) is 9.30 Å². The maximum absolute atomic E-state index is 10.8. The van der Waals surface area contributed by atoms with Gasteiger partial charge in [-0.15, -0.1) is 0 Å². The standard InChI is InChI=1S/C12H18N5O4P/c13-11-10-12(15-5-14-11)17(6-16-10)9-2-1-8(3-9)4-21-7-22(18,19)20/h5-6,8-9H,1-4,7H2,(H2,13,14,15)(H2,18,19,20). The molecular weight excluding hydrogens is 309 g/mol. The van der Waals surface area contributed by atoms with Crippen molar-refractivity contribution >= 4 is 24.6 Å². The third-order valence-electron chi connectivity index (χ3n) is 3.91. The van der Waals surface area contributed by atoms with Crippen molar-refractivity contribution in [1.82, 2.24) is 19.5 Å². The van der Waals surface area contributed by atoms with Gasteiger partial charge in [0.25, 0.3) is 0 Å². The number of anilines is 1. The van der Waals surface area contributed by atoms with Crippen molar-refractivity contribution in [2.24, 2.45) is 5.92 Å². The van der Waals surface area contributed by atoms with Gasteiger partial charge in [-0.1, -0.05) is 0 Å². The fourth-order valence-corrected chi connectivity index (χ4v) is 3.27. The fourth-order valence-electron chi connectivity index (χ4n) is 2.93. The summed E-state index contributed by atoms with van der Waals surface area (Å²) in [6.45, 7) is 0.353. The Morgan fingerprint density at radius 3 is 2.95 bits per heavy atom. The molecule has 0 saturated heterocycles. The number of nitrogens with two attached hydrogens (primary N) is 1. The van der Waals surface area contributed by atoms with Gasteiger partial charge < -0.3 is 24.8 Å². The van der Waals surface area contributed by atoms with E-state index in [-0.39, 0.29) is 12.0 Å². The van der Waals surface area contributed by atoms with E-state index in [0.29, 0.717) is 23.6 Å². The Morgan fingerprint density at radius 2 is 2.18 bits per heavy atom. The van der Waals surface area contributed by atoms with E-state index in [1.165, 1.54) is 6.33 Å². The lowest BCUT2D eigenvalue weighted by Crippen LogP contribution is -2.09. The smallest absolute Gasteiger partial charge is 0.350 e. The van der Waals surface area contributed by atoms with Crippen molar-refractivity contribution in [3.05, 3.63) is 12.7 Å². The summed E-state index contributed by atoms with van der Waals surface area (Å²) >= 11 is 0. The molecule has 1 aliphatic carbocycles. The third kappa shape index (κ3) is 3.27. The number of nitrogen functional groups attached to an aromatic ring is 1. The average molecular weight is 327 g/mol. The van der Waals surface area contributed by atoms with E-state index >= 15 is 0 Å². The molecule has 9 nitrogen and oxygen atoms in total. The molecule has 2 unspecified atom stereocenters. The summed E-state index contributed by atoms with van der Waals surface area (Å²) < 4.78 is 17.9. The molecule has 1 fully saturated rings. The number of hydrogen-bond donors (Lipinski definition) is 3. The van der Waals surface area contributed by atoms with Gasteiger partial charge in [0, 0.05) is 6.04 Å². The van der Waals surface area contributed by atoms with Crippen molar-refractivity contribution < 1.29 is 19.1 Å². The lowest BCUT2D eigenvalue weighted by atomic mass is 10.1. The van der Waals surface area contributed by atoms with Crippen molar-refractivity contribution in [1.29, 1.82) is 0 Å². The Hall–Kier alpha value is -1.54. The predicted octanol–water partition coefficient (Wildman–Crippen LogP) is 0.901. The average Bonchev–Trinajstić information content (AvgIpc) is 3.04. The van der Waals surface area contributed by atoms with E-state index in [2.05, 4.69) is 15.0 Å². The maximum Gasteiger partial charge on any atom is 0.350 e. The van der Waals surface area contributed by atoms with Crippen LogP contribution in [0.5, 0.6) is 0 Å². The van der Waals surface area contributed by atoms with Gasteiger partial charge >= 0.3 is 7.60 Å². The second kappa shape index (κ2) is 5.92. The van der Waals surface area contributed by atoms with Crippen LogP contribution in [0.3, 0.4) is 0 Å². The summed E-state index contributed by atoms with van der Waals surface area (Å²) in [6.07, 6.45) is 5.36. The van der Waals surface area contributed by atoms with Crippen LogP contribution < -0.4 is 5.73 Å². The highest BCUT2D eigenvalue weighted by atomic mass is 31.2. The van der Waals surface area contributed by atoms with Gasteiger partial charge in [-0.05, 0) is 25.2 Å². The molecule has 4 N–H and O–H groups in total. The van der Waals surface area contributed by atoms with Crippen LogP contribution in [-0.4, -0.2) is 42.3 Å². The summed E-state index contributed by atoms with van der Waals surface area (Å²) in [5, 5.41) is 0. The molecule has 2 heterocycles. The third-order valence-corrected chi connectivity index (χ3v) is 4.43. The molecule has 2 aromatic rings. The first-order valence-electron chi connectivity index (χ1n) is 6.99. The monoisotopic (exact) mass is 327 g/mol. The van der Waals surface area contributed by atoms with Crippen molar-refractivity contribution in [2.45, 2.75) is 25.3 Å². The van der Waals surface area contributed by atoms with E-state index in [4.69, 9.17) is 20.3 Å². The van der Waals surface area contributed by atoms with Crippen LogP contribution in [0.2, 0.25) is 0 Å². The summed E-state index contributed by atoms with van der Waals surface area (Å²) in [4.78, 5) is 30.0. The zero-order chi connectivity index (χ0) is 15.7. The minimum absolute atomic E-state index is 0.239. The molecule has 0 aromatic carbocycles. The molecule has 0 radical (unpaired) electrons. The molecule has 0 amide bonds. The predicted molar refractivity (Wildman–Crippen MR) is 79.0 cm³/mol. The van der Waals surface area contributed by atoms with Gasteiger partial charge in [0.15, 0.2) is 11.5 Å². The highest BCUT2D eigenvalue weighted by Crippen LogP contribution is 2.38. The van der Waals surface area contributed by atoms with Crippen LogP contribution in [0, 0.1) is 5.92 Å². The second-order valence-electron chi connectivity index (χ2n) is 5.58. The van der Waals surface area contributed by atoms with Crippen LogP contribution in [0.25, 0.3) is 11.2 Å². The molecule has 3 rings (SSSR count). The zero-order valence-electron chi connectivity index (χ0n) is 11.9. The van der Waals surface area contributed by atoms with Gasteiger partial charge in [0.2, 0.25) is 0 Å². The van der Waals surface area contributed by atoms with Gasteiger partial charge in [0.1, 0.15) is 18.2 Å². The Bertz CT molecular complexity index is 715. The number of ether oxygens (including phenoxy) is 1. The van der Waals surface area contributed by atoms with Crippen LogP contribution in [0.4, 0.5) is 5.82 Å². The van der Waals surface area contributed by atoms with Gasteiger partial charge in [-0.2, -0.15) is 0 Å². The molecule has 1 aliphatic rings.